The molecule has 2 nitrogen and oxygen atoms in total. The molecule has 1 aromatic carbocycles. The Morgan fingerprint density at radius 2 is 1.95 bits per heavy atom. The molecule has 0 aromatic heterocycles. The third-order valence-corrected chi connectivity index (χ3v) is 3.57. The topological polar surface area (TPSA) is 23.5 Å². The fraction of sp³-hybridized carbons (Fsp3) is 0.571. The number of benzene rings is 1. The molecule has 1 saturated heterocycles. The van der Waals surface area contributed by atoms with Gasteiger partial charge in [0.05, 0.1) is 0 Å². The van der Waals surface area contributed by atoms with Crippen LogP contribution < -0.4 is 0 Å². The second-order valence-electron chi connectivity index (χ2n) is 5.11. The summed E-state index contributed by atoms with van der Waals surface area (Å²) < 4.78 is 37.6. The van der Waals surface area contributed by atoms with E-state index in [9.17, 15) is 18.3 Å². The molecule has 0 aliphatic carbocycles. The summed E-state index contributed by atoms with van der Waals surface area (Å²) in [6.45, 7) is 1.73. The van der Waals surface area contributed by atoms with E-state index in [0.717, 1.165) is 12.1 Å². The highest BCUT2D eigenvalue weighted by atomic mass is 19.4. The van der Waals surface area contributed by atoms with Gasteiger partial charge < -0.3 is 5.11 Å². The maximum absolute atomic E-state index is 12.5. The lowest BCUT2D eigenvalue weighted by atomic mass is 9.92. The molecule has 1 aliphatic rings. The summed E-state index contributed by atoms with van der Waals surface area (Å²) in [5.74, 6) is -0.711. The van der Waals surface area contributed by atoms with E-state index in [1.807, 2.05) is 35.2 Å². The van der Waals surface area contributed by atoms with Crippen LogP contribution in [0, 0.1) is 5.92 Å². The molecule has 0 spiro atoms. The first-order valence-electron chi connectivity index (χ1n) is 6.48. The van der Waals surface area contributed by atoms with Gasteiger partial charge in [-0.25, -0.2) is 0 Å². The average molecular weight is 273 g/mol. The molecule has 0 saturated carbocycles. The molecule has 2 rings (SSSR count). The van der Waals surface area contributed by atoms with Crippen LogP contribution in [0.5, 0.6) is 0 Å². The first-order valence-corrected chi connectivity index (χ1v) is 6.48. The summed E-state index contributed by atoms with van der Waals surface area (Å²) in [5.41, 5.74) is 1.09. The molecule has 0 bridgehead atoms. The highest BCUT2D eigenvalue weighted by molar-refractivity contribution is 5.14. The smallest absolute Gasteiger partial charge is 0.383 e. The van der Waals surface area contributed by atoms with E-state index in [1.54, 1.807) is 0 Å². The van der Waals surface area contributed by atoms with Crippen LogP contribution in [0.2, 0.25) is 0 Å². The van der Waals surface area contributed by atoms with Crippen LogP contribution in [-0.4, -0.2) is 35.4 Å². The van der Waals surface area contributed by atoms with E-state index in [2.05, 4.69) is 0 Å². The summed E-state index contributed by atoms with van der Waals surface area (Å²) in [5, 5.41) is 9.34. The number of aliphatic hydroxyl groups is 1. The van der Waals surface area contributed by atoms with E-state index in [0.29, 0.717) is 25.9 Å². The fourth-order valence-electron chi connectivity index (χ4n) is 2.60. The van der Waals surface area contributed by atoms with Gasteiger partial charge in [-0.15, -0.1) is 0 Å². The molecular formula is C14H18F3NO. The molecule has 1 heterocycles. The predicted octanol–water partition coefficient (Wildman–Crippen LogP) is 2.82. The monoisotopic (exact) mass is 273 g/mol. The van der Waals surface area contributed by atoms with Crippen molar-refractivity contribution < 1.29 is 18.3 Å². The summed E-state index contributed by atoms with van der Waals surface area (Å²) in [4.78, 5) is 1.98. The van der Waals surface area contributed by atoms with Gasteiger partial charge in [0, 0.05) is 19.0 Å². The maximum atomic E-state index is 12.5. The van der Waals surface area contributed by atoms with Crippen LogP contribution in [0.15, 0.2) is 30.3 Å². The van der Waals surface area contributed by atoms with Crippen LogP contribution >= 0.6 is 0 Å². The minimum atomic E-state index is -4.51. The Balaban J connectivity index is 1.94. The van der Waals surface area contributed by atoms with E-state index < -0.39 is 18.2 Å². The highest BCUT2D eigenvalue weighted by Crippen LogP contribution is 2.31. The van der Waals surface area contributed by atoms with Crippen molar-refractivity contribution in [1.29, 1.82) is 0 Å². The second-order valence-corrected chi connectivity index (χ2v) is 5.11. The van der Waals surface area contributed by atoms with E-state index in [-0.39, 0.29) is 0 Å². The van der Waals surface area contributed by atoms with Gasteiger partial charge >= 0.3 is 6.18 Å². The molecule has 1 aromatic rings. The lowest BCUT2D eigenvalue weighted by Crippen LogP contribution is -2.45. The van der Waals surface area contributed by atoms with E-state index in [4.69, 9.17) is 0 Å². The first-order chi connectivity index (χ1) is 8.97. The molecule has 0 amide bonds. The van der Waals surface area contributed by atoms with Gasteiger partial charge in [-0.05, 0) is 24.9 Å². The Kier molecular flexibility index (Phi) is 4.47. The van der Waals surface area contributed by atoms with Gasteiger partial charge in [0.25, 0.3) is 0 Å². The molecule has 1 N–H and O–H groups in total. The quantitative estimate of drug-likeness (QED) is 0.915. The number of aliphatic hydroxyl groups excluding tert-OH is 1. The predicted molar refractivity (Wildman–Crippen MR) is 66.5 cm³/mol. The zero-order valence-electron chi connectivity index (χ0n) is 10.6. The average Bonchev–Trinajstić information content (AvgIpc) is 2.38. The third kappa shape index (κ3) is 3.94. The van der Waals surface area contributed by atoms with Gasteiger partial charge in [0.1, 0.15) is 0 Å². The highest BCUT2D eigenvalue weighted by Gasteiger charge is 2.44. The minimum Gasteiger partial charge on any atom is -0.383 e. The standard InChI is InChI=1S/C14H18F3NO/c15-14(16,17)13(19)12-7-4-8-18(10-12)9-11-5-2-1-3-6-11/h1-3,5-6,12-13,19H,4,7-10H2/t12-,13-/m0/s1. The minimum absolute atomic E-state index is 0.301. The number of likely N-dealkylation sites (tertiary alicyclic amines) is 1. The van der Waals surface area contributed by atoms with Gasteiger partial charge in [-0.1, -0.05) is 30.3 Å². The number of alkyl halides is 3. The van der Waals surface area contributed by atoms with Crippen LogP contribution in [-0.2, 0) is 6.54 Å². The zero-order valence-corrected chi connectivity index (χ0v) is 10.6. The molecule has 2 atom stereocenters. The zero-order chi connectivity index (χ0) is 13.9. The van der Waals surface area contributed by atoms with Crippen molar-refractivity contribution in [1.82, 2.24) is 4.90 Å². The Bertz CT molecular complexity index is 393. The number of piperidine rings is 1. The summed E-state index contributed by atoms with van der Waals surface area (Å²) >= 11 is 0. The van der Waals surface area contributed by atoms with Crippen molar-refractivity contribution in [3.05, 3.63) is 35.9 Å². The maximum Gasteiger partial charge on any atom is 0.414 e. The fourth-order valence-corrected chi connectivity index (χ4v) is 2.60. The van der Waals surface area contributed by atoms with Crippen LogP contribution in [0.25, 0.3) is 0 Å². The molecule has 1 fully saturated rings. The summed E-state index contributed by atoms with van der Waals surface area (Å²) in [7, 11) is 0. The van der Waals surface area contributed by atoms with Crippen molar-refractivity contribution in [2.24, 2.45) is 5.92 Å². The van der Waals surface area contributed by atoms with Crippen LogP contribution in [0.1, 0.15) is 18.4 Å². The third-order valence-electron chi connectivity index (χ3n) is 3.57. The largest absolute Gasteiger partial charge is 0.414 e. The van der Waals surface area contributed by atoms with E-state index >= 15 is 0 Å². The molecule has 0 radical (unpaired) electrons. The van der Waals surface area contributed by atoms with Gasteiger partial charge in [-0.3, -0.25) is 4.90 Å². The summed E-state index contributed by atoms with van der Waals surface area (Å²) in [6, 6.07) is 9.67. The molecule has 106 valence electrons. The lowest BCUT2D eigenvalue weighted by Gasteiger charge is -2.35. The van der Waals surface area contributed by atoms with Crippen LogP contribution in [0.3, 0.4) is 0 Å². The van der Waals surface area contributed by atoms with Crippen molar-refractivity contribution in [2.45, 2.75) is 31.7 Å². The number of rotatable bonds is 3. The van der Waals surface area contributed by atoms with Gasteiger partial charge in [-0.2, -0.15) is 13.2 Å². The van der Waals surface area contributed by atoms with Gasteiger partial charge in [0.15, 0.2) is 6.10 Å². The molecule has 19 heavy (non-hydrogen) atoms. The Hall–Kier alpha value is -1.07. The first kappa shape index (κ1) is 14.3. The second kappa shape index (κ2) is 5.92. The molecule has 1 aliphatic heterocycles. The lowest BCUT2D eigenvalue weighted by molar-refractivity contribution is -0.223. The van der Waals surface area contributed by atoms with E-state index in [1.165, 1.54) is 0 Å². The number of nitrogens with zero attached hydrogens (tertiary/aromatic N) is 1. The normalized spacial score (nSPS) is 23.3. The Labute approximate surface area is 110 Å². The Morgan fingerprint density at radius 1 is 1.26 bits per heavy atom. The van der Waals surface area contributed by atoms with Crippen molar-refractivity contribution >= 4 is 0 Å². The van der Waals surface area contributed by atoms with Crippen molar-refractivity contribution in [3.8, 4) is 0 Å². The van der Waals surface area contributed by atoms with Crippen molar-refractivity contribution in [2.75, 3.05) is 13.1 Å². The van der Waals surface area contributed by atoms with Crippen molar-refractivity contribution in [3.63, 3.8) is 0 Å². The number of hydrogen-bond acceptors (Lipinski definition) is 2. The van der Waals surface area contributed by atoms with Gasteiger partial charge in [0.2, 0.25) is 0 Å². The number of halogens is 3. The SMILES string of the molecule is O[C@@H]([C@H]1CCCN(Cc2ccccc2)C1)C(F)(F)F. The summed E-state index contributed by atoms with van der Waals surface area (Å²) in [6.07, 6.45) is -5.58. The molecular weight excluding hydrogens is 255 g/mol. The number of hydrogen-bond donors (Lipinski definition) is 1. The molecule has 0 unspecified atom stereocenters. The Morgan fingerprint density at radius 3 is 2.58 bits per heavy atom. The van der Waals surface area contributed by atoms with Crippen LogP contribution in [0.4, 0.5) is 13.2 Å². The molecule has 5 heteroatoms.